The fourth-order valence-corrected chi connectivity index (χ4v) is 3.08. The third-order valence-corrected chi connectivity index (χ3v) is 3.65. The molecule has 102 valence electrons. The first-order chi connectivity index (χ1) is 9.15. The van der Waals surface area contributed by atoms with E-state index in [1.54, 1.807) is 0 Å². The van der Waals surface area contributed by atoms with Crippen molar-refractivity contribution in [3.8, 4) is 0 Å². The molecule has 1 aromatic carbocycles. The lowest BCUT2D eigenvalue weighted by Crippen LogP contribution is -2.24. The van der Waals surface area contributed by atoms with Gasteiger partial charge in [-0.15, -0.1) is 0 Å². The maximum atomic E-state index is 6.15. The van der Waals surface area contributed by atoms with Gasteiger partial charge in [-0.05, 0) is 43.3 Å². The molecule has 0 saturated carbocycles. The molecule has 0 aliphatic rings. The summed E-state index contributed by atoms with van der Waals surface area (Å²) in [5.41, 5.74) is 2.29. The predicted octanol–water partition coefficient (Wildman–Crippen LogP) is 4.02. The van der Waals surface area contributed by atoms with E-state index >= 15 is 0 Å². The third kappa shape index (κ3) is 3.38. The van der Waals surface area contributed by atoms with Crippen molar-refractivity contribution in [2.75, 3.05) is 6.54 Å². The minimum absolute atomic E-state index is 0.0995. The highest BCUT2D eigenvalue weighted by Gasteiger charge is 2.17. The summed E-state index contributed by atoms with van der Waals surface area (Å²) in [6, 6.07) is 8.12. The number of benzene rings is 1. The average molecular weight is 343 g/mol. The summed E-state index contributed by atoms with van der Waals surface area (Å²) >= 11 is 9.65. The Labute approximate surface area is 127 Å². The summed E-state index contributed by atoms with van der Waals surface area (Å²) < 4.78 is 2.99. The van der Waals surface area contributed by atoms with Crippen LogP contribution in [-0.4, -0.2) is 16.3 Å². The smallest absolute Gasteiger partial charge is 0.0749 e. The van der Waals surface area contributed by atoms with Gasteiger partial charge < -0.3 is 5.32 Å². The third-order valence-electron chi connectivity index (χ3n) is 2.97. The number of nitrogens with one attached hydrogen (secondary N) is 1. The van der Waals surface area contributed by atoms with Crippen LogP contribution >= 0.6 is 27.5 Å². The molecule has 0 bridgehead atoms. The summed E-state index contributed by atoms with van der Waals surface area (Å²) in [5.74, 6) is 0. The Kier molecular flexibility index (Phi) is 5.02. The van der Waals surface area contributed by atoms with Gasteiger partial charge in [-0.25, -0.2) is 0 Å². The summed E-state index contributed by atoms with van der Waals surface area (Å²) in [7, 11) is 0. The molecule has 0 aliphatic carbocycles. The van der Waals surface area contributed by atoms with E-state index in [-0.39, 0.29) is 6.04 Å². The van der Waals surface area contributed by atoms with Crippen molar-refractivity contribution in [1.82, 2.24) is 15.1 Å². The van der Waals surface area contributed by atoms with Crippen molar-refractivity contribution < 1.29 is 0 Å². The molecule has 1 N–H and O–H groups in total. The zero-order valence-electron chi connectivity index (χ0n) is 11.0. The molecule has 5 heteroatoms. The lowest BCUT2D eigenvalue weighted by atomic mass is 10.0. The molecule has 2 aromatic rings. The van der Waals surface area contributed by atoms with Crippen LogP contribution in [0.4, 0.5) is 0 Å². The average Bonchev–Trinajstić information content (AvgIpc) is 2.82. The van der Waals surface area contributed by atoms with Crippen LogP contribution in [0.2, 0.25) is 5.02 Å². The number of halogens is 2. The first-order valence-electron chi connectivity index (χ1n) is 6.36. The topological polar surface area (TPSA) is 29.9 Å². The normalized spacial score (nSPS) is 12.6. The van der Waals surface area contributed by atoms with Crippen LogP contribution in [0.1, 0.15) is 31.1 Å². The molecule has 1 unspecified atom stereocenters. The lowest BCUT2D eigenvalue weighted by Gasteiger charge is -2.20. The van der Waals surface area contributed by atoms with E-state index in [1.807, 2.05) is 29.1 Å². The van der Waals surface area contributed by atoms with Crippen LogP contribution in [0.3, 0.4) is 0 Å². The Hall–Kier alpha value is -0.840. The van der Waals surface area contributed by atoms with Gasteiger partial charge in [0.15, 0.2) is 0 Å². The summed E-state index contributed by atoms with van der Waals surface area (Å²) in [4.78, 5) is 0. The second-order valence-corrected chi connectivity index (χ2v) is 5.62. The van der Waals surface area contributed by atoms with Gasteiger partial charge in [-0.3, -0.25) is 4.68 Å². The maximum Gasteiger partial charge on any atom is 0.0749 e. The van der Waals surface area contributed by atoms with Crippen LogP contribution in [-0.2, 0) is 6.54 Å². The van der Waals surface area contributed by atoms with Gasteiger partial charge in [0, 0.05) is 22.2 Å². The van der Waals surface area contributed by atoms with E-state index in [4.69, 9.17) is 11.6 Å². The van der Waals surface area contributed by atoms with E-state index in [2.05, 4.69) is 46.3 Å². The second kappa shape index (κ2) is 6.55. The fourth-order valence-electron chi connectivity index (χ4n) is 2.19. The van der Waals surface area contributed by atoms with Crippen molar-refractivity contribution in [2.45, 2.75) is 26.4 Å². The molecule has 0 fully saturated rings. The van der Waals surface area contributed by atoms with Gasteiger partial charge in [0.1, 0.15) is 0 Å². The van der Waals surface area contributed by atoms with Crippen LogP contribution < -0.4 is 5.32 Å². The number of nitrogens with zero attached hydrogens (tertiary/aromatic N) is 2. The number of hydrogen-bond donors (Lipinski definition) is 1. The van der Waals surface area contributed by atoms with E-state index < -0.39 is 0 Å². The molecule has 0 radical (unpaired) electrons. The Bertz CT molecular complexity index is 533. The zero-order chi connectivity index (χ0) is 13.8. The Balaban J connectivity index is 2.45. The van der Waals surface area contributed by atoms with Crippen LogP contribution in [0, 0.1) is 0 Å². The van der Waals surface area contributed by atoms with E-state index in [0.29, 0.717) is 0 Å². The van der Waals surface area contributed by atoms with E-state index in [0.717, 1.165) is 33.8 Å². The first-order valence-corrected chi connectivity index (χ1v) is 7.53. The molecule has 1 aromatic heterocycles. The van der Waals surface area contributed by atoms with Crippen molar-refractivity contribution in [3.63, 3.8) is 0 Å². The summed E-state index contributed by atoms with van der Waals surface area (Å²) in [6.45, 7) is 5.92. The van der Waals surface area contributed by atoms with Crippen molar-refractivity contribution >= 4 is 27.5 Å². The molecule has 1 atom stereocenters. The molecule has 0 saturated heterocycles. The predicted molar refractivity (Wildman–Crippen MR) is 82.6 cm³/mol. The largest absolute Gasteiger partial charge is 0.305 e. The molecule has 2 rings (SSSR count). The van der Waals surface area contributed by atoms with Crippen LogP contribution in [0.15, 0.2) is 34.9 Å². The highest BCUT2D eigenvalue weighted by molar-refractivity contribution is 9.10. The summed E-state index contributed by atoms with van der Waals surface area (Å²) in [5, 5.41) is 8.56. The molecular weight excluding hydrogens is 326 g/mol. The van der Waals surface area contributed by atoms with Crippen LogP contribution in [0.25, 0.3) is 0 Å². The molecule has 3 nitrogen and oxygen atoms in total. The van der Waals surface area contributed by atoms with Crippen LogP contribution in [0.5, 0.6) is 0 Å². The van der Waals surface area contributed by atoms with E-state index in [9.17, 15) is 0 Å². The lowest BCUT2D eigenvalue weighted by molar-refractivity contribution is 0.542. The quantitative estimate of drug-likeness (QED) is 0.889. The van der Waals surface area contributed by atoms with Gasteiger partial charge in [0.2, 0.25) is 0 Å². The maximum absolute atomic E-state index is 6.15. The number of aromatic nitrogens is 2. The van der Waals surface area contributed by atoms with Gasteiger partial charge in [0.05, 0.1) is 11.7 Å². The Morgan fingerprint density at radius 3 is 2.79 bits per heavy atom. The molecule has 1 heterocycles. The van der Waals surface area contributed by atoms with Gasteiger partial charge >= 0.3 is 0 Å². The van der Waals surface area contributed by atoms with Gasteiger partial charge in [-0.1, -0.05) is 34.5 Å². The number of rotatable bonds is 5. The fraction of sp³-hybridized carbons (Fsp3) is 0.357. The van der Waals surface area contributed by atoms with Crippen molar-refractivity contribution in [2.24, 2.45) is 0 Å². The molecule has 0 aliphatic heterocycles. The highest BCUT2D eigenvalue weighted by Crippen LogP contribution is 2.28. The number of aryl methyl sites for hydroxylation is 1. The molecule has 0 spiro atoms. The minimum Gasteiger partial charge on any atom is -0.305 e. The van der Waals surface area contributed by atoms with Crippen molar-refractivity contribution in [3.05, 3.63) is 51.2 Å². The molecular formula is C14H17BrClN3. The zero-order valence-corrected chi connectivity index (χ0v) is 13.4. The van der Waals surface area contributed by atoms with Crippen molar-refractivity contribution in [1.29, 1.82) is 0 Å². The number of hydrogen-bond acceptors (Lipinski definition) is 2. The first kappa shape index (κ1) is 14.6. The Morgan fingerprint density at radius 1 is 1.37 bits per heavy atom. The SMILES string of the molecule is CCNC(c1cc(Cl)cc(Br)c1)c1ccnn1CC. The minimum atomic E-state index is 0.0995. The standard InChI is InChI=1S/C14H17BrClN3/c1-3-17-14(13-5-6-18-19(13)4-2)10-7-11(15)9-12(16)8-10/h5-9,14,17H,3-4H2,1-2H3. The second-order valence-electron chi connectivity index (χ2n) is 4.27. The van der Waals surface area contributed by atoms with E-state index in [1.165, 1.54) is 0 Å². The Morgan fingerprint density at radius 2 is 2.16 bits per heavy atom. The highest BCUT2D eigenvalue weighted by atomic mass is 79.9. The van der Waals surface area contributed by atoms with Gasteiger partial charge in [-0.2, -0.15) is 5.10 Å². The summed E-state index contributed by atoms with van der Waals surface area (Å²) in [6.07, 6.45) is 1.84. The van der Waals surface area contributed by atoms with Gasteiger partial charge in [0.25, 0.3) is 0 Å². The molecule has 0 amide bonds. The monoisotopic (exact) mass is 341 g/mol. The molecule has 19 heavy (non-hydrogen) atoms.